The van der Waals surface area contributed by atoms with Crippen molar-refractivity contribution in [3.63, 3.8) is 0 Å². The maximum Gasteiger partial charge on any atom is 0.313 e. The minimum absolute atomic E-state index is 0.0280. The molecule has 3 aromatic rings. The van der Waals surface area contributed by atoms with Crippen molar-refractivity contribution in [2.45, 2.75) is 11.8 Å². The molecule has 0 aromatic heterocycles. The Labute approximate surface area is 132 Å². The molecule has 0 saturated heterocycles. The molecular weight excluding hydrogens is 298 g/mol. The number of hydrogen-bond acceptors (Lipinski definition) is 4. The minimum Gasteiger partial charge on any atom is -0.413 e. The van der Waals surface area contributed by atoms with Gasteiger partial charge < -0.3 is 4.18 Å². The molecule has 22 heavy (non-hydrogen) atoms. The van der Waals surface area contributed by atoms with E-state index in [0.717, 1.165) is 33.3 Å². The van der Waals surface area contributed by atoms with Gasteiger partial charge in [0.15, 0.2) is 0 Å². The predicted octanol–water partition coefficient (Wildman–Crippen LogP) is 5.14. The number of aryl methyl sites for hydroxylation is 1. The van der Waals surface area contributed by atoms with Crippen LogP contribution in [-0.2, 0) is 0 Å². The molecule has 0 saturated carbocycles. The second kappa shape index (κ2) is 6.07. The number of nitro groups is 1. The van der Waals surface area contributed by atoms with Crippen LogP contribution in [0.1, 0.15) is 5.56 Å². The van der Waals surface area contributed by atoms with Crippen molar-refractivity contribution in [2.75, 3.05) is 0 Å². The molecule has 0 aliphatic carbocycles. The van der Waals surface area contributed by atoms with Crippen LogP contribution in [-0.4, -0.2) is 4.92 Å². The molecule has 0 heterocycles. The second-order valence-electron chi connectivity index (χ2n) is 4.86. The van der Waals surface area contributed by atoms with Crippen LogP contribution in [0.3, 0.4) is 0 Å². The summed E-state index contributed by atoms with van der Waals surface area (Å²) in [5, 5.41) is 13.0. The molecule has 0 radical (unpaired) electrons. The highest BCUT2D eigenvalue weighted by atomic mass is 32.2. The maximum atomic E-state index is 11.3. The summed E-state index contributed by atoms with van der Waals surface area (Å²) in [7, 11) is 0. The van der Waals surface area contributed by atoms with Gasteiger partial charge in [-0.2, -0.15) is 0 Å². The summed E-state index contributed by atoms with van der Waals surface area (Å²) in [6.45, 7) is 1.97. The third-order valence-corrected chi connectivity index (χ3v) is 4.24. The highest BCUT2D eigenvalue weighted by Crippen LogP contribution is 2.36. The van der Waals surface area contributed by atoms with Gasteiger partial charge >= 0.3 is 5.69 Å². The highest BCUT2D eigenvalue weighted by Gasteiger charge is 2.17. The molecule has 3 aromatic carbocycles. The van der Waals surface area contributed by atoms with E-state index in [4.69, 9.17) is 4.18 Å². The quantitative estimate of drug-likeness (QED) is 0.380. The SMILES string of the molecule is Cc1ccccc1SOc1cc2ccccc2cc1[N+](=O)[O-]. The lowest BCUT2D eigenvalue weighted by atomic mass is 10.1. The first kappa shape index (κ1) is 14.4. The molecule has 0 amide bonds. The van der Waals surface area contributed by atoms with Gasteiger partial charge in [-0.15, -0.1) is 0 Å². The van der Waals surface area contributed by atoms with Crippen LogP contribution in [0, 0.1) is 17.0 Å². The van der Waals surface area contributed by atoms with Gasteiger partial charge in [0.1, 0.15) is 0 Å². The van der Waals surface area contributed by atoms with Gasteiger partial charge in [0.05, 0.1) is 21.9 Å². The molecule has 0 fully saturated rings. The van der Waals surface area contributed by atoms with E-state index >= 15 is 0 Å². The molecule has 0 aliphatic rings. The third-order valence-electron chi connectivity index (χ3n) is 3.34. The fourth-order valence-electron chi connectivity index (χ4n) is 2.16. The Bertz CT molecular complexity index is 848. The Balaban J connectivity index is 1.96. The summed E-state index contributed by atoms with van der Waals surface area (Å²) in [4.78, 5) is 11.8. The Morgan fingerprint density at radius 1 is 1.00 bits per heavy atom. The topological polar surface area (TPSA) is 52.4 Å². The van der Waals surface area contributed by atoms with Gasteiger partial charge in [0.2, 0.25) is 5.75 Å². The molecule has 4 nitrogen and oxygen atoms in total. The zero-order valence-corrected chi connectivity index (χ0v) is 12.7. The lowest BCUT2D eigenvalue weighted by Gasteiger charge is -2.08. The van der Waals surface area contributed by atoms with Gasteiger partial charge in [-0.1, -0.05) is 42.5 Å². The maximum absolute atomic E-state index is 11.3. The van der Waals surface area contributed by atoms with Gasteiger partial charge in [-0.3, -0.25) is 10.1 Å². The van der Waals surface area contributed by atoms with Crippen molar-refractivity contribution in [1.29, 1.82) is 0 Å². The fourth-order valence-corrected chi connectivity index (χ4v) is 2.80. The number of hydrogen-bond donors (Lipinski definition) is 0. The Morgan fingerprint density at radius 3 is 2.32 bits per heavy atom. The van der Waals surface area contributed by atoms with E-state index in [-0.39, 0.29) is 11.4 Å². The van der Waals surface area contributed by atoms with Crippen LogP contribution in [0.5, 0.6) is 5.75 Å². The van der Waals surface area contributed by atoms with Crippen LogP contribution < -0.4 is 4.18 Å². The minimum atomic E-state index is -0.416. The van der Waals surface area contributed by atoms with Crippen LogP contribution in [0.15, 0.2) is 65.6 Å². The van der Waals surface area contributed by atoms with Crippen LogP contribution in [0.25, 0.3) is 10.8 Å². The van der Waals surface area contributed by atoms with Gasteiger partial charge in [-0.05, 0) is 35.4 Å². The van der Waals surface area contributed by atoms with E-state index in [1.807, 2.05) is 55.5 Å². The lowest BCUT2D eigenvalue weighted by Crippen LogP contribution is -1.93. The predicted molar refractivity (Wildman–Crippen MR) is 88.3 cm³/mol. The molecule has 0 N–H and O–H groups in total. The van der Waals surface area contributed by atoms with Crippen molar-refractivity contribution in [2.24, 2.45) is 0 Å². The number of benzene rings is 3. The van der Waals surface area contributed by atoms with Gasteiger partial charge in [-0.25, -0.2) is 0 Å². The summed E-state index contributed by atoms with van der Waals surface area (Å²) in [6.07, 6.45) is 0. The van der Waals surface area contributed by atoms with Crippen LogP contribution in [0.4, 0.5) is 5.69 Å². The zero-order chi connectivity index (χ0) is 15.5. The summed E-state index contributed by atoms with van der Waals surface area (Å²) in [5.74, 6) is 0.261. The van der Waals surface area contributed by atoms with Crippen molar-refractivity contribution in [1.82, 2.24) is 0 Å². The summed E-state index contributed by atoms with van der Waals surface area (Å²) >= 11 is 1.14. The molecule has 0 bridgehead atoms. The smallest absolute Gasteiger partial charge is 0.313 e. The molecule has 0 spiro atoms. The first-order valence-electron chi connectivity index (χ1n) is 6.72. The Kier molecular flexibility index (Phi) is 3.98. The van der Waals surface area contributed by atoms with Crippen molar-refractivity contribution >= 4 is 28.5 Å². The molecule has 0 aliphatic heterocycles. The van der Waals surface area contributed by atoms with E-state index in [1.54, 1.807) is 12.1 Å². The molecule has 3 rings (SSSR count). The van der Waals surface area contributed by atoms with Gasteiger partial charge in [0.25, 0.3) is 0 Å². The van der Waals surface area contributed by atoms with Crippen LogP contribution in [0.2, 0.25) is 0 Å². The summed E-state index contributed by atoms with van der Waals surface area (Å²) in [6, 6.07) is 18.5. The number of rotatable bonds is 4. The van der Waals surface area contributed by atoms with E-state index in [9.17, 15) is 10.1 Å². The number of fused-ring (bicyclic) bond motifs is 1. The summed E-state index contributed by atoms with van der Waals surface area (Å²) in [5.41, 5.74) is 1.04. The number of nitrogens with zero attached hydrogens (tertiary/aromatic N) is 1. The van der Waals surface area contributed by atoms with Crippen LogP contribution >= 0.6 is 12.0 Å². The van der Waals surface area contributed by atoms with E-state index in [2.05, 4.69) is 0 Å². The van der Waals surface area contributed by atoms with E-state index < -0.39 is 4.92 Å². The molecular formula is C17H13NO3S. The Morgan fingerprint density at radius 2 is 1.64 bits per heavy atom. The van der Waals surface area contributed by atoms with Crippen molar-refractivity contribution in [3.8, 4) is 5.75 Å². The van der Waals surface area contributed by atoms with E-state index in [0.29, 0.717) is 0 Å². The van der Waals surface area contributed by atoms with Crippen molar-refractivity contribution < 1.29 is 9.11 Å². The standard InChI is InChI=1S/C17H13NO3S/c1-12-6-2-5-9-17(12)22-21-16-11-14-8-4-3-7-13(14)10-15(16)18(19)20/h2-11H,1H3. The van der Waals surface area contributed by atoms with Crippen molar-refractivity contribution in [3.05, 3.63) is 76.3 Å². The highest BCUT2D eigenvalue weighted by molar-refractivity contribution is 7.95. The molecule has 0 unspecified atom stereocenters. The summed E-state index contributed by atoms with van der Waals surface area (Å²) < 4.78 is 5.65. The number of nitro benzene ring substituents is 1. The normalized spacial score (nSPS) is 10.6. The first-order valence-corrected chi connectivity index (χ1v) is 7.46. The lowest BCUT2D eigenvalue weighted by molar-refractivity contribution is -0.385. The van der Waals surface area contributed by atoms with Gasteiger partial charge in [0, 0.05) is 6.07 Å². The fraction of sp³-hybridized carbons (Fsp3) is 0.0588. The largest absolute Gasteiger partial charge is 0.413 e. The molecule has 110 valence electrons. The monoisotopic (exact) mass is 311 g/mol. The first-order chi connectivity index (χ1) is 10.6. The Hall–Kier alpha value is -2.53. The molecule has 0 atom stereocenters. The van der Waals surface area contributed by atoms with E-state index in [1.165, 1.54) is 0 Å². The average Bonchev–Trinajstić information content (AvgIpc) is 2.53. The zero-order valence-electron chi connectivity index (χ0n) is 11.9. The average molecular weight is 311 g/mol. The third kappa shape index (κ3) is 2.89. The molecule has 5 heteroatoms. The second-order valence-corrected chi connectivity index (χ2v) is 5.63.